The highest BCUT2D eigenvalue weighted by Crippen LogP contribution is 2.29. The van der Waals surface area contributed by atoms with Crippen LogP contribution in [0.5, 0.6) is 0 Å². The number of rotatable bonds is 6. The second-order valence-corrected chi connectivity index (χ2v) is 8.77. The fraction of sp³-hybridized carbons (Fsp3) is 0.565. The fourth-order valence-corrected chi connectivity index (χ4v) is 4.65. The molecule has 5 nitrogen and oxygen atoms in total. The van der Waals surface area contributed by atoms with Crippen molar-refractivity contribution in [3.05, 3.63) is 53.3 Å². The Morgan fingerprint density at radius 1 is 1.18 bits per heavy atom. The smallest absolute Gasteiger partial charge is 0.274 e. The minimum atomic E-state index is 0.101. The van der Waals surface area contributed by atoms with Crippen LogP contribution >= 0.6 is 0 Å². The summed E-state index contributed by atoms with van der Waals surface area (Å²) in [5, 5.41) is 7.33. The Balaban J connectivity index is 1.36. The predicted octanol–water partition coefficient (Wildman–Crippen LogP) is 3.70. The summed E-state index contributed by atoms with van der Waals surface area (Å²) in [7, 11) is 0. The lowest BCUT2D eigenvalue weighted by molar-refractivity contribution is 0.0579. The quantitative estimate of drug-likeness (QED) is 0.831. The lowest BCUT2D eigenvalue weighted by Crippen LogP contribution is -2.47. The highest BCUT2D eigenvalue weighted by Gasteiger charge is 2.37. The van der Waals surface area contributed by atoms with Gasteiger partial charge in [-0.1, -0.05) is 44.2 Å². The van der Waals surface area contributed by atoms with E-state index in [1.165, 1.54) is 18.4 Å². The summed E-state index contributed by atoms with van der Waals surface area (Å²) in [5.41, 5.74) is 3.02. The van der Waals surface area contributed by atoms with Crippen LogP contribution in [0.4, 0.5) is 0 Å². The summed E-state index contributed by atoms with van der Waals surface area (Å²) in [4.78, 5) is 17.8. The number of carbonyl (C=O) groups excluding carboxylic acids is 1. The zero-order valence-electron chi connectivity index (χ0n) is 17.1. The molecule has 1 aromatic carbocycles. The molecule has 0 spiro atoms. The first kappa shape index (κ1) is 19.2. The van der Waals surface area contributed by atoms with E-state index in [0.717, 1.165) is 44.7 Å². The predicted molar refractivity (Wildman–Crippen MR) is 111 cm³/mol. The van der Waals surface area contributed by atoms with E-state index < -0.39 is 0 Å². The zero-order valence-corrected chi connectivity index (χ0v) is 17.1. The molecule has 2 aromatic rings. The second-order valence-electron chi connectivity index (χ2n) is 8.77. The number of nitrogens with zero attached hydrogens (tertiary/aromatic N) is 3. The highest BCUT2D eigenvalue weighted by atomic mass is 16.2. The van der Waals surface area contributed by atoms with Crippen LogP contribution in [0.1, 0.15) is 60.8 Å². The first-order valence-corrected chi connectivity index (χ1v) is 10.7. The molecule has 3 saturated heterocycles. The Kier molecular flexibility index (Phi) is 5.81. The molecule has 0 radical (unpaired) electrons. The molecule has 1 amide bonds. The van der Waals surface area contributed by atoms with Gasteiger partial charge in [0, 0.05) is 31.4 Å². The molecular formula is C23H32N4O. The van der Waals surface area contributed by atoms with Crippen LogP contribution in [0.2, 0.25) is 0 Å². The van der Waals surface area contributed by atoms with Crippen LogP contribution < -0.4 is 0 Å². The van der Waals surface area contributed by atoms with E-state index in [9.17, 15) is 4.79 Å². The third-order valence-electron chi connectivity index (χ3n) is 6.27. The number of amides is 1. The molecule has 5 rings (SSSR count). The van der Waals surface area contributed by atoms with Gasteiger partial charge in [0.1, 0.15) is 5.69 Å². The number of aromatic nitrogens is 2. The molecule has 2 atom stereocenters. The molecule has 1 N–H and O–H groups in total. The van der Waals surface area contributed by atoms with Gasteiger partial charge in [0.2, 0.25) is 0 Å². The van der Waals surface area contributed by atoms with Crippen molar-refractivity contribution in [1.29, 1.82) is 0 Å². The zero-order chi connectivity index (χ0) is 19.5. The van der Waals surface area contributed by atoms with Gasteiger partial charge in [-0.15, -0.1) is 0 Å². The SMILES string of the molecule is CC(C)c1cc(C(=O)N2C[C@@H]3CC[C@H]2CN(CCCc2ccccc2)C3)n[nH]1. The standard InChI is InChI=1S/C23H32N4O/c1-17(2)21-13-22(25-24-21)23(28)27-15-19-10-11-20(27)16-26(14-19)12-6-9-18-7-4-3-5-8-18/h3-5,7-8,13,17,19-20H,6,9-12,14-16H2,1-2H3,(H,24,25)/t19-,20+/m1/s1. The van der Waals surface area contributed by atoms with E-state index in [2.05, 4.69) is 64.2 Å². The molecule has 0 aliphatic carbocycles. The van der Waals surface area contributed by atoms with Gasteiger partial charge in [-0.05, 0) is 55.7 Å². The van der Waals surface area contributed by atoms with Crippen molar-refractivity contribution < 1.29 is 4.79 Å². The number of nitrogens with one attached hydrogen (secondary N) is 1. The number of piperidine rings is 1. The topological polar surface area (TPSA) is 52.2 Å². The van der Waals surface area contributed by atoms with Crippen molar-refractivity contribution in [3.63, 3.8) is 0 Å². The Morgan fingerprint density at radius 2 is 2.00 bits per heavy atom. The molecule has 150 valence electrons. The van der Waals surface area contributed by atoms with E-state index in [4.69, 9.17) is 0 Å². The third-order valence-corrected chi connectivity index (χ3v) is 6.27. The van der Waals surface area contributed by atoms with E-state index in [0.29, 0.717) is 23.6 Å². The fourth-order valence-electron chi connectivity index (χ4n) is 4.65. The van der Waals surface area contributed by atoms with E-state index in [1.807, 2.05) is 6.07 Å². The van der Waals surface area contributed by atoms with Crippen LogP contribution in [-0.4, -0.2) is 58.1 Å². The van der Waals surface area contributed by atoms with E-state index in [-0.39, 0.29) is 5.91 Å². The largest absolute Gasteiger partial charge is 0.333 e. The minimum absolute atomic E-state index is 0.101. The number of aromatic amines is 1. The van der Waals surface area contributed by atoms with Gasteiger partial charge in [-0.25, -0.2) is 0 Å². The molecule has 2 bridgehead atoms. The van der Waals surface area contributed by atoms with Gasteiger partial charge in [0.25, 0.3) is 5.91 Å². The Hall–Kier alpha value is -2.14. The molecule has 5 heteroatoms. The lowest BCUT2D eigenvalue weighted by Gasteiger charge is -2.35. The van der Waals surface area contributed by atoms with Crippen LogP contribution in [0.15, 0.2) is 36.4 Å². The van der Waals surface area contributed by atoms with Gasteiger partial charge >= 0.3 is 0 Å². The van der Waals surface area contributed by atoms with Crippen LogP contribution in [0.25, 0.3) is 0 Å². The Bertz CT molecular complexity index is 785. The summed E-state index contributed by atoms with van der Waals surface area (Å²) in [6.07, 6.45) is 4.66. The van der Waals surface area contributed by atoms with Crippen molar-refractivity contribution in [2.75, 3.05) is 26.2 Å². The van der Waals surface area contributed by atoms with Gasteiger partial charge in [0.15, 0.2) is 0 Å². The van der Waals surface area contributed by atoms with E-state index in [1.54, 1.807) is 0 Å². The lowest BCUT2D eigenvalue weighted by atomic mass is 9.94. The normalized spacial score (nSPS) is 22.6. The minimum Gasteiger partial charge on any atom is -0.333 e. The number of carbonyl (C=O) groups is 1. The average Bonchev–Trinajstić information content (AvgIpc) is 3.04. The molecule has 3 aliphatic heterocycles. The van der Waals surface area contributed by atoms with Gasteiger partial charge in [0.05, 0.1) is 0 Å². The molecule has 1 aromatic heterocycles. The molecule has 0 saturated carbocycles. The number of H-pyrrole nitrogens is 1. The number of fused-ring (bicyclic) bond motifs is 4. The summed E-state index contributed by atoms with van der Waals surface area (Å²) >= 11 is 0. The number of hydrogen-bond donors (Lipinski definition) is 1. The van der Waals surface area contributed by atoms with Gasteiger partial charge in [-0.3, -0.25) is 9.89 Å². The third kappa shape index (κ3) is 4.30. The summed E-state index contributed by atoms with van der Waals surface area (Å²) < 4.78 is 0. The summed E-state index contributed by atoms with van der Waals surface area (Å²) in [6, 6.07) is 13.0. The maximum Gasteiger partial charge on any atom is 0.274 e. The maximum atomic E-state index is 13.1. The molecular weight excluding hydrogens is 348 g/mol. The molecule has 0 unspecified atom stereocenters. The number of hydrogen-bond acceptors (Lipinski definition) is 3. The first-order chi connectivity index (χ1) is 13.6. The second kappa shape index (κ2) is 8.48. The number of aryl methyl sites for hydroxylation is 1. The van der Waals surface area contributed by atoms with Crippen LogP contribution in [0, 0.1) is 5.92 Å². The Morgan fingerprint density at radius 3 is 2.75 bits per heavy atom. The van der Waals surface area contributed by atoms with Crippen LogP contribution in [0.3, 0.4) is 0 Å². The molecule has 4 heterocycles. The Labute approximate surface area is 168 Å². The van der Waals surface area contributed by atoms with Gasteiger partial charge in [-0.2, -0.15) is 5.10 Å². The molecule has 28 heavy (non-hydrogen) atoms. The monoisotopic (exact) mass is 380 g/mol. The summed E-state index contributed by atoms with van der Waals surface area (Å²) in [5.74, 6) is 1.04. The van der Waals surface area contributed by atoms with Crippen molar-refractivity contribution in [1.82, 2.24) is 20.0 Å². The first-order valence-electron chi connectivity index (χ1n) is 10.7. The number of benzene rings is 1. The maximum absolute atomic E-state index is 13.1. The van der Waals surface area contributed by atoms with Crippen LogP contribution in [-0.2, 0) is 6.42 Å². The van der Waals surface area contributed by atoms with Crippen molar-refractivity contribution in [2.45, 2.75) is 51.5 Å². The van der Waals surface area contributed by atoms with Crippen molar-refractivity contribution in [2.24, 2.45) is 5.92 Å². The summed E-state index contributed by atoms with van der Waals surface area (Å²) in [6.45, 7) is 8.34. The highest BCUT2D eigenvalue weighted by molar-refractivity contribution is 5.92. The molecule has 3 aliphatic rings. The van der Waals surface area contributed by atoms with E-state index >= 15 is 0 Å². The molecule has 3 fully saturated rings. The van der Waals surface area contributed by atoms with Crippen molar-refractivity contribution in [3.8, 4) is 0 Å². The van der Waals surface area contributed by atoms with Crippen molar-refractivity contribution >= 4 is 5.91 Å². The van der Waals surface area contributed by atoms with Gasteiger partial charge < -0.3 is 9.80 Å². The average molecular weight is 381 g/mol.